The van der Waals surface area contributed by atoms with Gasteiger partial charge in [0, 0.05) is 30.4 Å². The number of amides is 1. The first-order valence-corrected chi connectivity index (χ1v) is 9.54. The maximum atomic E-state index is 12.6. The molecule has 0 atom stereocenters. The highest BCUT2D eigenvalue weighted by Gasteiger charge is 2.16. The predicted molar refractivity (Wildman–Crippen MR) is 110 cm³/mol. The van der Waals surface area contributed by atoms with Crippen LogP contribution in [0.1, 0.15) is 5.69 Å². The van der Waals surface area contributed by atoms with Crippen LogP contribution in [0, 0.1) is 0 Å². The van der Waals surface area contributed by atoms with Gasteiger partial charge >= 0.3 is 0 Å². The molecule has 0 unspecified atom stereocenters. The highest BCUT2D eigenvalue weighted by atomic mass is 16.5. The van der Waals surface area contributed by atoms with Crippen molar-refractivity contribution in [1.29, 1.82) is 0 Å². The Morgan fingerprint density at radius 3 is 2.69 bits per heavy atom. The summed E-state index contributed by atoms with van der Waals surface area (Å²) >= 11 is 0. The quantitative estimate of drug-likeness (QED) is 0.692. The van der Waals surface area contributed by atoms with Crippen LogP contribution in [-0.2, 0) is 16.0 Å². The average molecular weight is 393 g/mol. The molecule has 1 amide bonds. The van der Waals surface area contributed by atoms with Gasteiger partial charge in [0.1, 0.15) is 5.75 Å². The van der Waals surface area contributed by atoms with Crippen molar-refractivity contribution in [2.24, 2.45) is 0 Å². The molecule has 2 heterocycles. The fourth-order valence-corrected chi connectivity index (χ4v) is 3.30. The molecule has 1 aromatic heterocycles. The van der Waals surface area contributed by atoms with Gasteiger partial charge < -0.3 is 24.2 Å². The third-order valence-electron chi connectivity index (χ3n) is 4.79. The van der Waals surface area contributed by atoms with E-state index >= 15 is 0 Å². The molecule has 1 saturated heterocycles. The summed E-state index contributed by atoms with van der Waals surface area (Å²) in [6.07, 6.45) is 0.112. The first-order chi connectivity index (χ1) is 14.2. The SMILES string of the molecule is COc1ccc(N2CCOCC2)cc1NC(=O)Cc1cc(-c2ccccc2)on1. The second-order valence-electron chi connectivity index (χ2n) is 6.76. The number of aromatic nitrogens is 1. The van der Waals surface area contributed by atoms with Crippen molar-refractivity contribution in [2.75, 3.05) is 43.6 Å². The van der Waals surface area contributed by atoms with Gasteiger partial charge in [-0.15, -0.1) is 0 Å². The van der Waals surface area contributed by atoms with E-state index in [9.17, 15) is 4.79 Å². The topological polar surface area (TPSA) is 76.8 Å². The van der Waals surface area contributed by atoms with Gasteiger partial charge in [0.05, 0.1) is 38.1 Å². The Morgan fingerprint density at radius 2 is 1.93 bits per heavy atom. The van der Waals surface area contributed by atoms with Gasteiger partial charge in [-0.2, -0.15) is 0 Å². The molecule has 2 aromatic carbocycles. The van der Waals surface area contributed by atoms with Gasteiger partial charge in [-0.1, -0.05) is 35.5 Å². The van der Waals surface area contributed by atoms with E-state index in [4.69, 9.17) is 14.0 Å². The fraction of sp³-hybridized carbons (Fsp3) is 0.273. The predicted octanol–water partition coefficient (Wildman–Crippen LogP) is 3.37. The molecule has 0 radical (unpaired) electrons. The van der Waals surface area contributed by atoms with Crippen molar-refractivity contribution in [2.45, 2.75) is 6.42 Å². The normalized spacial score (nSPS) is 13.9. The Balaban J connectivity index is 1.45. The Bertz CT molecular complexity index is 965. The smallest absolute Gasteiger partial charge is 0.230 e. The number of carbonyl (C=O) groups excluding carboxylic acids is 1. The number of anilines is 2. The van der Waals surface area contributed by atoms with Gasteiger partial charge in [0.15, 0.2) is 5.76 Å². The molecule has 4 rings (SSSR count). The van der Waals surface area contributed by atoms with Crippen molar-refractivity contribution in [3.63, 3.8) is 0 Å². The van der Waals surface area contributed by atoms with Gasteiger partial charge in [0.2, 0.25) is 5.91 Å². The summed E-state index contributed by atoms with van der Waals surface area (Å²) < 4.78 is 16.2. The van der Waals surface area contributed by atoms with Crippen LogP contribution in [0.5, 0.6) is 5.75 Å². The van der Waals surface area contributed by atoms with Crippen LogP contribution in [0.25, 0.3) is 11.3 Å². The standard InChI is InChI=1S/C22H23N3O4/c1-27-20-8-7-18(25-9-11-28-12-10-25)15-19(20)23-22(26)14-17-13-21(29-24-17)16-5-3-2-4-6-16/h2-8,13,15H,9-12,14H2,1H3,(H,23,26). The van der Waals surface area contributed by atoms with Crippen LogP contribution >= 0.6 is 0 Å². The number of nitrogens with one attached hydrogen (secondary N) is 1. The van der Waals surface area contributed by atoms with Crippen LogP contribution < -0.4 is 15.0 Å². The second-order valence-corrected chi connectivity index (χ2v) is 6.76. The minimum atomic E-state index is -0.185. The first kappa shape index (κ1) is 19.0. The number of morpholine rings is 1. The van der Waals surface area contributed by atoms with Crippen LogP contribution in [0.4, 0.5) is 11.4 Å². The highest BCUT2D eigenvalue weighted by Crippen LogP contribution is 2.30. The van der Waals surface area contributed by atoms with Crippen molar-refractivity contribution in [3.05, 3.63) is 60.3 Å². The summed E-state index contributed by atoms with van der Waals surface area (Å²) in [6.45, 7) is 3.04. The van der Waals surface area contributed by atoms with Gasteiger partial charge in [-0.3, -0.25) is 4.79 Å². The zero-order valence-corrected chi connectivity index (χ0v) is 16.3. The van der Waals surface area contributed by atoms with Crippen molar-refractivity contribution in [3.8, 4) is 17.1 Å². The Hall–Kier alpha value is -3.32. The number of rotatable bonds is 6. The Morgan fingerprint density at radius 1 is 1.14 bits per heavy atom. The first-order valence-electron chi connectivity index (χ1n) is 9.54. The van der Waals surface area contributed by atoms with Crippen molar-refractivity contribution < 1.29 is 18.8 Å². The zero-order valence-electron chi connectivity index (χ0n) is 16.3. The number of hydrogen-bond acceptors (Lipinski definition) is 6. The van der Waals surface area contributed by atoms with E-state index in [0.29, 0.717) is 36.1 Å². The summed E-state index contributed by atoms with van der Waals surface area (Å²) in [7, 11) is 1.59. The van der Waals surface area contributed by atoms with Crippen LogP contribution in [0.2, 0.25) is 0 Å². The molecule has 29 heavy (non-hydrogen) atoms. The molecule has 1 fully saturated rings. The van der Waals surface area contributed by atoms with Crippen molar-refractivity contribution in [1.82, 2.24) is 5.16 Å². The summed E-state index contributed by atoms with van der Waals surface area (Å²) in [5.74, 6) is 1.07. The third-order valence-corrected chi connectivity index (χ3v) is 4.79. The molecular formula is C22H23N3O4. The number of benzene rings is 2. The summed E-state index contributed by atoms with van der Waals surface area (Å²) in [6, 6.07) is 17.2. The number of methoxy groups -OCH3 is 1. The van der Waals surface area contributed by atoms with Gasteiger partial charge in [-0.05, 0) is 18.2 Å². The summed E-state index contributed by atoms with van der Waals surface area (Å²) in [5, 5.41) is 6.95. The number of hydrogen-bond donors (Lipinski definition) is 1. The van der Waals surface area contributed by atoms with E-state index < -0.39 is 0 Å². The van der Waals surface area contributed by atoms with Crippen LogP contribution in [-0.4, -0.2) is 44.5 Å². The Labute approximate surface area is 169 Å². The molecule has 7 heteroatoms. The average Bonchev–Trinajstić information content (AvgIpc) is 3.23. The van der Waals surface area contributed by atoms with E-state index in [-0.39, 0.29) is 12.3 Å². The molecule has 3 aromatic rings. The number of ether oxygens (including phenoxy) is 2. The monoisotopic (exact) mass is 393 g/mol. The third kappa shape index (κ3) is 4.57. The maximum absolute atomic E-state index is 12.6. The molecule has 0 aliphatic carbocycles. The Kier molecular flexibility index (Phi) is 5.76. The lowest BCUT2D eigenvalue weighted by molar-refractivity contribution is -0.115. The molecule has 0 spiro atoms. The molecule has 1 aliphatic rings. The lowest BCUT2D eigenvalue weighted by atomic mass is 10.1. The highest BCUT2D eigenvalue weighted by molar-refractivity contribution is 5.94. The van der Waals surface area contributed by atoms with Gasteiger partial charge in [-0.25, -0.2) is 0 Å². The number of nitrogens with zero attached hydrogens (tertiary/aromatic N) is 2. The molecule has 1 aliphatic heterocycles. The molecule has 1 N–H and O–H groups in total. The van der Waals surface area contributed by atoms with Crippen LogP contribution in [0.15, 0.2) is 59.1 Å². The molecule has 7 nitrogen and oxygen atoms in total. The largest absolute Gasteiger partial charge is 0.495 e. The lowest BCUT2D eigenvalue weighted by Crippen LogP contribution is -2.36. The summed E-state index contributed by atoms with van der Waals surface area (Å²) in [4.78, 5) is 14.8. The fourth-order valence-electron chi connectivity index (χ4n) is 3.30. The second kappa shape index (κ2) is 8.79. The van der Waals surface area contributed by atoms with Crippen LogP contribution in [0.3, 0.4) is 0 Å². The van der Waals surface area contributed by atoms with E-state index in [1.807, 2.05) is 48.5 Å². The van der Waals surface area contributed by atoms with E-state index in [2.05, 4.69) is 15.4 Å². The number of carbonyl (C=O) groups is 1. The van der Waals surface area contributed by atoms with E-state index in [1.165, 1.54) is 0 Å². The molecule has 0 saturated carbocycles. The molecule has 0 bridgehead atoms. The van der Waals surface area contributed by atoms with Gasteiger partial charge in [0.25, 0.3) is 0 Å². The van der Waals surface area contributed by atoms with E-state index in [0.717, 1.165) is 24.3 Å². The molecule has 150 valence electrons. The minimum absolute atomic E-state index is 0.112. The van der Waals surface area contributed by atoms with Crippen molar-refractivity contribution >= 4 is 17.3 Å². The van der Waals surface area contributed by atoms with E-state index in [1.54, 1.807) is 13.2 Å². The zero-order chi connectivity index (χ0) is 20.1. The summed E-state index contributed by atoms with van der Waals surface area (Å²) in [5.41, 5.74) is 3.15. The molecular weight excluding hydrogens is 370 g/mol. The minimum Gasteiger partial charge on any atom is -0.495 e. The maximum Gasteiger partial charge on any atom is 0.230 e. The lowest BCUT2D eigenvalue weighted by Gasteiger charge is -2.29.